The van der Waals surface area contributed by atoms with Crippen molar-refractivity contribution in [3.63, 3.8) is 0 Å². The number of fused-ring (bicyclic) bond motifs is 1. The van der Waals surface area contributed by atoms with Crippen LogP contribution < -0.4 is 33.4 Å². The van der Waals surface area contributed by atoms with Crippen molar-refractivity contribution in [3.8, 4) is 0 Å². The summed E-state index contributed by atoms with van der Waals surface area (Å²) < 4.78 is 0. The number of anilines is 4. The van der Waals surface area contributed by atoms with Gasteiger partial charge in [-0.3, -0.25) is 10.4 Å². The van der Waals surface area contributed by atoms with E-state index in [-0.39, 0.29) is 22.7 Å². The second kappa shape index (κ2) is 3.08. The van der Waals surface area contributed by atoms with E-state index in [0.717, 1.165) is 0 Å². The molecule has 1 aromatic carbocycles. The molecule has 2 rings (SSSR count). The Morgan fingerprint density at radius 2 is 1.00 bits per heavy atom. The third kappa shape index (κ3) is 1.17. The predicted octanol–water partition coefficient (Wildman–Crippen LogP) is -2.20. The van der Waals surface area contributed by atoms with E-state index >= 15 is 0 Å². The SMILES string of the molecule is Nc1c(N)c(N)c2c(c1N)=CN(O)N(O)C=2. The Hall–Kier alpha value is -2.32. The van der Waals surface area contributed by atoms with Crippen molar-refractivity contribution in [2.24, 2.45) is 0 Å². The molecular formula is C8H12N6O2. The molecule has 0 amide bonds. The van der Waals surface area contributed by atoms with Crippen LogP contribution in [0.15, 0.2) is 0 Å². The molecule has 0 spiro atoms. The highest BCUT2D eigenvalue weighted by Gasteiger charge is 2.15. The fraction of sp³-hybridized carbons (Fsp3) is 0. The summed E-state index contributed by atoms with van der Waals surface area (Å²) in [6.07, 6.45) is 2.35. The first kappa shape index (κ1) is 10.2. The van der Waals surface area contributed by atoms with Gasteiger partial charge in [0.15, 0.2) is 0 Å². The van der Waals surface area contributed by atoms with Gasteiger partial charge in [-0.15, -0.1) is 10.3 Å². The fourth-order valence-corrected chi connectivity index (χ4v) is 1.50. The van der Waals surface area contributed by atoms with Crippen LogP contribution in [-0.2, 0) is 0 Å². The van der Waals surface area contributed by atoms with Gasteiger partial charge in [0.05, 0.1) is 35.1 Å². The van der Waals surface area contributed by atoms with Crippen LogP contribution in [0.3, 0.4) is 0 Å². The quantitative estimate of drug-likeness (QED) is 0.272. The van der Waals surface area contributed by atoms with Crippen LogP contribution in [0.25, 0.3) is 12.4 Å². The van der Waals surface area contributed by atoms with Gasteiger partial charge in [0.25, 0.3) is 0 Å². The summed E-state index contributed by atoms with van der Waals surface area (Å²) in [7, 11) is 0. The number of hydrogen-bond acceptors (Lipinski definition) is 8. The van der Waals surface area contributed by atoms with Gasteiger partial charge >= 0.3 is 0 Å². The number of benzene rings is 1. The number of hydrazine groups is 1. The Morgan fingerprint density at radius 1 is 0.688 bits per heavy atom. The van der Waals surface area contributed by atoms with E-state index in [1.807, 2.05) is 0 Å². The largest absolute Gasteiger partial charge is 0.396 e. The van der Waals surface area contributed by atoms with Crippen molar-refractivity contribution in [1.29, 1.82) is 0 Å². The first-order valence-electron chi connectivity index (χ1n) is 4.35. The molecule has 0 saturated heterocycles. The van der Waals surface area contributed by atoms with Crippen molar-refractivity contribution in [1.82, 2.24) is 10.3 Å². The van der Waals surface area contributed by atoms with Crippen LogP contribution in [0.1, 0.15) is 0 Å². The Morgan fingerprint density at radius 3 is 1.31 bits per heavy atom. The Labute approximate surface area is 90.1 Å². The Bertz CT molecular complexity index is 518. The molecule has 0 aromatic heterocycles. The molecule has 0 unspecified atom stereocenters. The van der Waals surface area contributed by atoms with Gasteiger partial charge in [0, 0.05) is 10.4 Å². The molecule has 10 N–H and O–H groups in total. The zero-order valence-corrected chi connectivity index (χ0v) is 8.25. The molecule has 0 atom stereocenters. The van der Waals surface area contributed by atoms with Crippen molar-refractivity contribution >= 4 is 35.1 Å². The first-order valence-corrected chi connectivity index (χ1v) is 4.35. The van der Waals surface area contributed by atoms with Gasteiger partial charge in [-0.25, -0.2) is 0 Å². The van der Waals surface area contributed by atoms with Gasteiger partial charge < -0.3 is 22.9 Å². The predicted molar refractivity (Wildman–Crippen MR) is 59.5 cm³/mol. The molecule has 1 heterocycles. The number of rotatable bonds is 0. The minimum atomic E-state index is 0.153. The fourth-order valence-electron chi connectivity index (χ4n) is 1.50. The van der Waals surface area contributed by atoms with E-state index in [9.17, 15) is 10.4 Å². The summed E-state index contributed by atoms with van der Waals surface area (Å²) >= 11 is 0. The van der Waals surface area contributed by atoms with Crippen LogP contribution in [0.2, 0.25) is 0 Å². The highest BCUT2D eigenvalue weighted by Crippen LogP contribution is 2.22. The van der Waals surface area contributed by atoms with Crippen molar-refractivity contribution in [2.75, 3.05) is 22.9 Å². The number of nitrogen functional groups attached to an aromatic ring is 4. The Kier molecular flexibility index (Phi) is 1.97. The molecule has 86 valence electrons. The number of hydrogen-bond donors (Lipinski definition) is 6. The molecule has 8 heteroatoms. The third-order valence-electron chi connectivity index (χ3n) is 2.44. The molecule has 1 aliphatic heterocycles. The van der Waals surface area contributed by atoms with Crippen LogP contribution >= 0.6 is 0 Å². The molecule has 1 aliphatic rings. The summed E-state index contributed by atoms with van der Waals surface area (Å²) in [5.74, 6) is 0. The number of nitrogens with zero attached hydrogens (tertiary/aromatic N) is 2. The van der Waals surface area contributed by atoms with E-state index in [1.54, 1.807) is 0 Å². The van der Waals surface area contributed by atoms with Crippen molar-refractivity contribution in [2.45, 2.75) is 0 Å². The summed E-state index contributed by atoms with van der Waals surface area (Å²) in [6, 6.07) is 0. The number of hydroxylamine groups is 2. The molecule has 1 aromatic rings. The molecule has 0 bridgehead atoms. The highest BCUT2D eigenvalue weighted by atomic mass is 16.7. The summed E-state index contributed by atoms with van der Waals surface area (Å²) in [5, 5.41) is 20.2. The second-order valence-corrected chi connectivity index (χ2v) is 3.38. The van der Waals surface area contributed by atoms with E-state index in [0.29, 0.717) is 20.8 Å². The first-order chi connectivity index (χ1) is 7.43. The van der Waals surface area contributed by atoms with Gasteiger partial charge in [-0.05, 0) is 0 Å². The van der Waals surface area contributed by atoms with Crippen LogP contribution in [-0.4, -0.2) is 20.8 Å². The second-order valence-electron chi connectivity index (χ2n) is 3.38. The van der Waals surface area contributed by atoms with Gasteiger partial charge in [-0.1, -0.05) is 0 Å². The minimum Gasteiger partial charge on any atom is -0.396 e. The van der Waals surface area contributed by atoms with E-state index in [1.165, 1.54) is 12.4 Å². The van der Waals surface area contributed by atoms with Crippen molar-refractivity contribution in [3.05, 3.63) is 10.4 Å². The molecule has 0 aliphatic carbocycles. The lowest BCUT2D eigenvalue weighted by Crippen LogP contribution is -2.44. The topological polar surface area (TPSA) is 151 Å². The molecule has 16 heavy (non-hydrogen) atoms. The molecule has 0 radical (unpaired) electrons. The average molecular weight is 224 g/mol. The zero-order valence-electron chi connectivity index (χ0n) is 8.25. The average Bonchev–Trinajstić information content (AvgIpc) is 2.26. The highest BCUT2D eigenvalue weighted by molar-refractivity contribution is 5.87. The van der Waals surface area contributed by atoms with E-state index in [2.05, 4.69) is 0 Å². The lowest BCUT2D eigenvalue weighted by atomic mass is 10.1. The summed E-state index contributed by atoms with van der Waals surface area (Å²) in [4.78, 5) is 0. The van der Waals surface area contributed by atoms with Gasteiger partial charge in [0.1, 0.15) is 0 Å². The summed E-state index contributed by atoms with van der Waals surface area (Å²) in [5.41, 5.74) is 23.5. The molecule has 0 saturated carbocycles. The molecule has 8 nitrogen and oxygen atoms in total. The minimum absolute atomic E-state index is 0.153. The lowest BCUT2D eigenvalue weighted by molar-refractivity contribution is -0.287. The summed E-state index contributed by atoms with van der Waals surface area (Å²) in [6.45, 7) is 0. The van der Waals surface area contributed by atoms with Gasteiger partial charge in [0.2, 0.25) is 0 Å². The standard InChI is InChI=1S/C8H12N6O2/c9-5-3-1-13(15)14(16)2-4(3)6(10)8(12)7(5)11/h1-2,15-16H,9-12H2. The lowest BCUT2D eigenvalue weighted by Gasteiger charge is -2.24. The molecule has 0 fully saturated rings. The smallest absolute Gasteiger partial charge is 0.0810 e. The van der Waals surface area contributed by atoms with Crippen LogP contribution in [0.5, 0.6) is 0 Å². The zero-order chi connectivity index (χ0) is 12.0. The maximum absolute atomic E-state index is 9.25. The Balaban J connectivity index is 2.95. The van der Waals surface area contributed by atoms with E-state index in [4.69, 9.17) is 22.9 Å². The maximum Gasteiger partial charge on any atom is 0.0810 e. The monoisotopic (exact) mass is 224 g/mol. The third-order valence-corrected chi connectivity index (χ3v) is 2.44. The van der Waals surface area contributed by atoms with Gasteiger partial charge in [-0.2, -0.15) is 0 Å². The normalized spacial score (nSPS) is 14.1. The number of nitrogens with two attached hydrogens (primary N) is 4. The van der Waals surface area contributed by atoms with Crippen LogP contribution in [0, 0.1) is 0 Å². The van der Waals surface area contributed by atoms with Crippen LogP contribution in [0.4, 0.5) is 22.7 Å². The van der Waals surface area contributed by atoms with E-state index < -0.39 is 0 Å². The van der Waals surface area contributed by atoms with Crippen molar-refractivity contribution < 1.29 is 10.4 Å². The maximum atomic E-state index is 9.25. The molecular weight excluding hydrogens is 212 g/mol.